The van der Waals surface area contributed by atoms with Gasteiger partial charge < -0.3 is 4.90 Å². The molecule has 0 fully saturated rings. The molecule has 5 aromatic rings. The van der Waals surface area contributed by atoms with E-state index in [1.165, 1.54) is 0 Å². The van der Waals surface area contributed by atoms with Crippen LogP contribution in [0.1, 0.15) is 0 Å². The van der Waals surface area contributed by atoms with Gasteiger partial charge in [0.2, 0.25) is 0 Å². The molecule has 0 aliphatic rings. The molecule has 3 aromatic carbocycles. The average molecular weight is 493 g/mol. The summed E-state index contributed by atoms with van der Waals surface area (Å²) in [6, 6.07) is 36.9. The van der Waals surface area contributed by atoms with Crippen LogP contribution < -0.4 is 9.80 Å². The lowest BCUT2D eigenvalue weighted by Gasteiger charge is -2.29. The normalized spacial score (nSPS) is 10.6. The SMILES string of the molecule is Brc1cc(N(c2ccccc2)c2cccnc2)cc(N(c2ccccc2)c2ccccn2)c1. The first-order valence-electron chi connectivity index (χ1n) is 10.6. The molecule has 0 saturated carbocycles. The number of halogens is 1. The van der Waals surface area contributed by atoms with Crippen LogP contribution in [0.4, 0.5) is 34.3 Å². The molecule has 0 atom stereocenters. The van der Waals surface area contributed by atoms with Crippen LogP contribution >= 0.6 is 15.9 Å². The molecule has 5 heteroatoms. The number of anilines is 6. The van der Waals surface area contributed by atoms with Gasteiger partial charge in [-0.05, 0) is 66.7 Å². The van der Waals surface area contributed by atoms with Crippen LogP contribution in [0.15, 0.2) is 132 Å². The van der Waals surface area contributed by atoms with Gasteiger partial charge in [0.25, 0.3) is 0 Å². The highest BCUT2D eigenvalue weighted by atomic mass is 79.9. The minimum absolute atomic E-state index is 0.848. The van der Waals surface area contributed by atoms with Crippen LogP contribution in [0.2, 0.25) is 0 Å². The monoisotopic (exact) mass is 492 g/mol. The second-order valence-electron chi connectivity index (χ2n) is 7.41. The topological polar surface area (TPSA) is 32.3 Å². The van der Waals surface area contributed by atoms with Crippen molar-refractivity contribution in [3.05, 3.63) is 132 Å². The number of hydrogen-bond acceptors (Lipinski definition) is 4. The molecule has 2 aromatic heterocycles. The van der Waals surface area contributed by atoms with Crippen molar-refractivity contribution in [2.75, 3.05) is 9.80 Å². The van der Waals surface area contributed by atoms with E-state index in [4.69, 9.17) is 0 Å². The van der Waals surface area contributed by atoms with Crippen molar-refractivity contribution >= 4 is 50.2 Å². The predicted octanol–water partition coefficient (Wildman–Crippen LogP) is 8.18. The molecule has 0 N–H and O–H groups in total. The summed E-state index contributed by atoms with van der Waals surface area (Å²) >= 11 is 3.75. The van der Waals surface area contributed by atoms with E-state index in [1.54, 1.807) is 6.20 Å². The molecule has 4 nitrogen and oxygen atoms in total. The first kappa shape index (κ1) is 20.9. The Labute approximate surface area is 201 Å². The summed E-state index contributed by atoms with van der Waals surface area (Å²) < 4.78 is 0.969. The lowest BCUT2D eigenvalue weighted by molar-refractivity contribution is 1.17. The van der Waals surface area contributed by atoms with Gasteiger partial charge in [0.05, 0.1) is 17.6 Å². The van der Waals surface area contributed by atoms with Gasteiger partial charge in [-0.2, -0.15) is 0 Å². The Hall–Kier alpha value is -3.96. The molecule has 2 heterocycles. The fourth-order valence-electron chi connectivity index (χ4n) is 3.80. The Kier molecular flexibility index (Phi) is 6.13. The molecule has 160 valence electrons. The summed E-state index contributed by atoms with van der Waals surface area (Å²) in [5.41, 5.74) is 5.08. The maximum Gasteiger partial charge on any atom is 0.137 e. The number of nitrogens with zero attached hydrogens (tertiary/aromatic N) is 4. The maximum absolute atomic E-state index is 4.64. The third-order valence-corrected chi connectivity index (χ3v) is 5.65. The van der Waals surface area contributed by atoms with Crippen molar-refractivity contribution in [2.45, 2.75) is 0 Å². The zero-order valence-corrected chi connectivity index (χ0v) is 19.4. The lowest BCUT2D eigenvalue weighted by Crippen LogP contribution is -2.14. The minimum Gasteiger partial charge on any atom is -0.309 e. The third-order valence-electron chi connectivity index (χ3n) is 5.19. The summed E-state index contributed by atoms with van der Waals surface area (Å²) in [6.45, 7) is 0. The second-order valence-corrected chi connectivity index (χ2v) is 8.32. The van der Waals surface area contributed by atoms with Crippen molar-refractivity contribution in [1.82, 2.24) is 9.97 Å². The van der Waals surface area contributed by atoms with E-state index in [0.717, 1.165) is 38.7 Å². The molecular weight excluding hydrogens is 472 g/mol. The van der Waals surface area contributed by atoms with Crippen LogP contribution in [0, 0.1) is 0 Å². The molecular formula is C28H21BrN4. The fraction of sp³-hybridized carbons (Fsp3) is 0. The summed E-state index contributed by atoms with van der Waals surface area (Å²) in [7, 11) is 0. The highest BCUT2D eigenvalue weighted by Gasteiger charge is 2.18. The van der Waals surface area contributed by atoms with Gasteiger partial charge in [0.1, 0.15) is 5.82 Å². The number of aromatic nitrogens is 2. The van der Waals surface area contributed by atoms with Crippen molar-refractivity contribution < 1.29 is 0 Å². The Morgan fingerprint density at radius 3 is 1.73 bits per heavy atom. The molecule has 0 aliphatic carbocycles. The smallest absolute Gasteiger partial charge is 0.137 e. The van der Waals surface area contributed by atoms with E-state index >= 15 is 0 Å². The Morgan fingerprint density at radius 1 is 0.515 bits per heavy atom. The van der Waals surface area contributed by atoms with Gasteiger partial charge >= 0.3 is 0 Å². The van der Waals surface area contributed by atoms with Crippen molar-refractivity contribution in [1.29, 1.82) is 0 Å². The van der Waals surface area contributed by atoms with E-state index in [-0.39, 0.29) is 0 Å². The van der Waals surface area contributed by atoms with Crippen LogP contribution in [-0.2, 0) is 0 Å². The molecule has 0 saturated heterocycles. The zero-order chi connectivity index (χ0) is 22.5. The Bertz CT molecular complexity index is 1130. The van der Waals surface area contributed by atoms with Crippen molar-refractivity contribution in [3.8, 4) is 0 Å². The second kappa shape index (κ2) is 9.67. The maximum atomic E-state index is 4.64. The first-order valence-corrected chi connectivity index (χ1v) is 11.4. The largest absolute Gasteiger partial charge is 0.309 e. The van der Waals surface area contributed by atoms with Crippen LogP contribution in [0.3, 0.4) is 0 Å². The number of benzene rings is 3. The van der Waals surface area contributed by atoms with Gasteiger partial charge in [0, 0.05) is 33.9 Å². The van der Waals surface area contributed by atoms with Gasteiger partial charge in [-0.15, -0.1) is 0 Å². The third kappa shape index (κ3) is 4.64. The number of rotatable bonds is 6. The molecule has 0 spiro atoms. The number of hydrogen-bond donors (Lipinski definition) is 0. The number of pyridine rings is 2. The standard InChI is InChI=1S/C28H21BrN4/c29-22-18-26(32(23-10-3-1-4-11-23)25-14-9-16-30-21-25)20-27(19-22)33(24-12-5-2-6-13-24)28-15-7-8-17-31-28/h1-21H. The molecule has 5 rings (SSSR count). The molecule has 0 amide bonds. The summed E-state index contributed by atoms with van der Waals surface area (Å²) in [5, 5.41) is 0. The van der Waals surface area contributed by atoms with Gasteiger partial charge in [0.15, 0.2) is 0 Å². The summed E-state index contributed by atoms with van der Waals surface area (Å²) in [6.07, 6.45) is 5.48. The Morgan fingerprint density at radius 2 is 1.12 bits per heavy atom. The van der Waals surface area contributed by atoms with Crippen LogP contribution in [-0.4, -0.2) is 9.97 Å². The minimum atomic E-state index is 0.848. The van der Waals surface area contributed by atoms with Gasteiger partial charge in [-0.3, -0.25) is 9.88 Å². The molecule has 0 bridgehead atoms. The van der Waals surface area contributed by atoms with E-state index in [9.17, 15) is 0 Å². The average Bonchev–Trinajstić information content (AvgIpc) is 2.87. The van der Waals surface area contributed by atoms with Crippen LogP contribution in [0.5, 0.6) is 0 Å². The van der Waals surface area contributed by atoms with Crippen molar-refractivity contribution in [2.24, 2.45) is 0 Å². The van der Waals surface area contributed by atoms with Crippen molar-refractivity contribution in [3.63, 3.8) is 0 Å². The first-order chi connectivity index (χ1) is 16.3. The highest BCUT2D eigenvalue weighted by molar-refractivity contribution is 9.10. The lowest BCUT2D eigenvalue weighted by atomic mass is 10.1. The molecule has 33 heavy (non-hydrogen) atoms. The molecule has 0 aliphatic heterocycles. The number of para-hydroxylation sites is 2. The van der Waals surface area contributed by atoms with Crippen LogP contribution in [0.25, 0.3) is 0 Å². The zero-order valence-electron chi connectivity index (χ0n) is 17.8. The summed E-state index contributed by atoms with van der Waals surface area (Å²) in [5.74, 6) is 0.848. The highest BCUT2D eigenvalue weighted by Crippen LogP contribution is 2.41. The molecule has 0 radical (unpaired) electrons. The Balaban J connectivity index is 1.69. The van der Waals surface area contributed by atoms with Gasteiger partial charge in [-0.1, -0.05) is 58.4 Å². The van der Waals surface area contributed by atoms with E-state index < -0.39 is 0 Å². The molecule has 0 unspecified atom stereocenters. The summed E-state index contributed by atoms with van der Waals surface area (Å²) in [4.78, 5) is 13.3. The van der Waals surface area contributed by atoms with E-state index in [2.05, 4.69) is 84.2 Å². The quantitative estimate of drug-likeness (QED) is 0.239. The van der Waals surface area contributed by atoms with E-state index in [1.807, 2.05) is 73.1 Å². The van der Waals surface area contributed by atoms with E-state index in [0.29, 0.717) is 0 Å². The predicted molar refractivity (Wildman–Crippen MR) is 139 cm³/mol. The van der Waals surface area contributed by atoms with Gasteiger partial charge in [-0.25, -0.2) is 4.98 Å². The fourth-order valence-corrected chi connectivity index (χ4v) is 4.27.